The summed E-state index contributed by atoms with van der Waals surface area (Å²) in [7, 11) is 0. The van der Waals surface area contributed by atoms with Crippen LogP contribution in [0.3, 0.4) is 0 Å². The number of hydrogen-bond acceptors (Lipinski definition) is 5. The topological polar surface area (TPSA) is 76.7 Å². The zero-order valence-corrected chi connectivity index (χ0v) is 11.1. The Hall–Kier alpha value is -1.88. The number of nitrogens with one attached hydrogen (secondary N) is 1. The smallest absolute Gasteiger partial charge is 0.149 e. The summed E-state index contributed by atoms with van der Waals surface area (Å²) in [5.41, 5.74) is 7.39. The maximum absolute atomic E-state index is 6.13. The van der Waals surface area contributed by atoms with E-state index in [2.05, 4.69) is 20.5 Å². The second-order valence-corrected chi connectivity index (χ2v) is 5.15. The fourth-order valence-corrected chi connectivity index (χ4v) is 2.06. The molecule has 5 nitrogen and oxygen atoms in total. The Kier molecular flexibility index (Phi) is 3.21. The van der Waals surface area contributed by atoms with Crippen LogP contribution in [-0.2, 0) is 0 Å². The van der Waals surface area contributed by atoms with Gasteiger partial charge in [-0.1, -0.05) is 11.6 Å². The molecule has 1 fully saturated rings. The summed E-state index contributed by atoms with van der Waals surface area (Å²) < 4.78 is 0. The van der Waals surface area contributed by atoms with Crippen molar-refractivity contribution in [3.05, 3.63) is 29.5 Å². The zero-order chi connectivity index (χ0) is 13.2. The van der Waals surface area contributed by atoms with E-state index in [0.717, 1.165) is 29.4 Å². The number of pyridine rings is 1. The largest absolute Gasteiger partial charge is 0.384 e. The van der Waals surface area contributed by atoms with Crippen LogP contribution in [0.15, 0.2) is 24.5 Å². The Morgan fingerprint density at radius 1 is 1.32 bits per heavy atom. The molecule has 1 aliphatic carbocycles. The van der Waals surface area contributed by atoms with Crippen molar-refractivity contribution < 1.29 is 0 Å². The van der Waals surface area contributed by atoms with Gasteiger partial charge in [0.05, 0.1) is 11.2 Å². The number of hydrogen-bond donors (Lipinski definition) is 2. The van der Waals surface area contributed by atoms with Crippen LogP contribution in [0.4, 0.5) is 11.6 Å². The van der Waals surface area contributed by atoms with E-state index in [4.69, 9.17) is 17.3 Å². The molecule has 2 aromatic rings. The zero-order valence-electron chi connectivity index (χ0n) is 10.3. The number of rotatable bonds is 4. The monoisotopic (exact) mass is 275 g/mol. The predicted molar refractivity (Wildman–Crippen MR) is 75.9 cm³/mol. The van der Waals surface area contributed by atoms with E-state index in [9.17, 15) is 0 Å². The van der Waals surface area contributed by atoms with E-state index in [1.54, 1.807) is 18.5 Å². The van der Waals surface area contributed by atoms with Crippen LogP contribution in [0.5, 0.6) is 0 Å². The molecule has 0 radical (unpaired) electrons. The standard InChI is InChI=1S/C13H14ClN5/c14-11-7-16-12(15)4-10(11)9-3-13(19-18-6-9)17-5-8-1-2-8/h3-4,6-8H,1-2,5H2,(H2,15,16)(H,17,19). The minimum Gasteiger partial charge on any atom is -0.384 e. The Morgan fingerprint density at radius 3 is 2.95 bits per heavy atom. The number of aromatic nitrogens is 3. The fraction of sp³-hybridized carbons (Fsp3) is 0.308. The molecule has 0 unspecified atom stereocenters. The summed E-state index contributed by atoms with van der Waals surface area (Å²) in [5, 5.41) is 11.9. The molecule has 2 aromatic heterocycles. The van der Waals surface area contributed by atoms with Crippen LogP contribution in [0.1, 0.15) is 12.8 Å². The van der Waals surface area contributed by atoms with Crippen molar-refractivity contribution in [2.75, 3.05) is 17.6 Å². The second-order valence-electron chi connectivity index (χ2n) is 4.74. The summed E-state index contributed by atoms with van der Waals surface area (Å²) in [4.78, 5) is 3.95. The van der Waals surface area contributed by atoms with Crippen molar-refractivity contribution in [3.63, 3.8) is 0 Å². The molecule has 0 atom stereocenters. The first-order valence-corrected chi connectivity index (χ1v) is 6.58. The lowest BCUT2D eigenvalue weighted by molar-refractivity contribution is 0.873. The van der Waals surface area contributed by atoms with Crippen molar-refractivity contribution >= 4 is 23.2 Å². The van der Waals surface area contributed by atoms with Crippen molar-refractivity contribution in [2.45, 2.75) is 12.8 Å². The minimum atomic E-state index is 0.434. The maximum Gasteiger partial charge on any atom is 0.149 e. The van der Waals surface area contributed by atoms with Gasteiger partial charge in [-0.15, -0.1) is 5.10 Å². The summed E-state index contributed by atoms with van der Waals surface area (Å²) >= 11 is 6.13. The molecule has 0 aliphatic heterocycles. The van der Waals surface area contributed by atoms with Gasteiger partial charge in [0.1, 0.15) is 11.6 Å². The average Bonchev–Trinajstić information content (AvgIpc) is 3.24. The van der Waals surface area contributed by atoms with E-state index in [-0.39, 0.29) is 0 Å². The van der Waals surface area contributed by atoms with Crippen LogP contribution in [0, 0.1) is 5.92 Å². The quantitative estimate of drug-likeness (QED) is 0.897. The normalized spacial score (nSPS) is 14.4. The molecule has 0 spiro atoms. The van der Waals surface area contributed by atoms with Crippen LogP contribution >= 0.6 is 11.6 Å². The number of nitrogens with zero attached hydrogens (tertiary/aromatic N) is 3. The van der Waals surface area contributed by atoms with Crippen molar-refractivity contribution in [2.24, 2.45) is 5.92 Å². The van der Waals surface area contributed by atoms with Gasteiger partial charge in [-0.05, 0) is 30.9 Å². The van der Waals surface area contributed by atoms with E-state index in [1.807, 2.05) is 6.07 Å². The maximum atomic E-state index is 6.13. The number of anilines is 2. The SMILES string of the molecule is Nc1cc(-c2cnnc(NCC3CC3)c2)c(Cl)cn1. The third-order valence-corrected chi connectivity index (χ3v) is 3.41. The minimum absolute atomic E-state index is 0.434. The average molecular weight is 276 g/mol. The second kappa shape index (κ2) is 5.01. The van der Waals surface area contributed by atoms with E-state index < -0.39 is 0 Å². The lowest BCUT2D eigenvalue weighted by Crippen LogP contribution is -2.05. The highest BCUT2D eigenvalue weighted by molar-refractivity contribution is 6.33. The number of nitrogens with two attached hydrogens (primary N) is 1. The number of nitrogen functional groups attached to an aromatic ring is 1. The van der Waals surface area contributed by atoms with Crippen LogP contribution < -0.4 is 11.1 Å². The molecular weight excluding hydrogens is 262 g/mol. The van der Waals surface area contributed by atoms with Gasteiger partial charge in [-0.25, -0.2) is 4.98 Å². The molecule has 0 aromatic carbocycles. The Bertz CT molecular complexity index is 597. The van der Waals surface area contributed by atoms with Gasteiger partial charge >= 0.3 is 0 Å². The lowest BCUT2D eigenvalue weighted by Gasteiger charge is -2.07. The van der Waals surface area contributed by atoms with E-state index >= 15 is 0 Å². The van der Waals surface area contributed by atoms with Crippen LogP contribution in [0.2, 0.25) is 5.02 Å². The van der Waals surface area contributed by atoms with Crippen molar-refractivity contribution in [1.82, 2.24) is 15.2 Å². The molecule has 3 N–H and O–H groups in total. The first-order chi connectivity index (χ1) is 9.22. The highest BCUT2D eigenvalue weighted by Crippen LogP contribution is 2.30. The summed E-state index contributed by atoms with van der Waals surface area (Å²) in [6.45, 7) is 0.949. The Balaban J connectivity index is 1.86. The molecule has 0 bridgehead atoms. The van der Waals surface area contributed by atoms with Gasteiger partial charge < -0.3 is 11.1 Å². The molecule has 2 heterocycles. The molecular formula is C13H14ClN5. The van der Waals surface area contributed by atoms with Crippen molar-refractivity contribution in [1.29, 1.82) is 0 Å². The van der Waals surface area contributed by atoms with Gasteiger partial charge in [0.25, 0.3) is 0 Å². The van der Waals surface area contributed by atoms with E-state index in [1.165, 1.54) is 12.8 Å². The van der Waals surface area contributed by atoms with Gasteiger partial charge in [0.2, 0.25) is 0 Å². The lowest BCUT2D eigenvalue weighted by atomic mass is 10.1. The summed E-state index contributed by atoms with van der Waals surface area (Å²) in [5.74, 6) is 1.98. The van der Waals surface area contributed by atoms with Gasteiger partial charge in [0.15, 0.2) is 0 Å². The van der Waals surface area contributed by atoms with Crippen LogP contribution in [-0.4, -0.2) is 21.7 Å². The Labute approximate surface area is 116 Å². The van der Waals surface area contributed by atoms with Gasteiger partial charge in [-0.2, -0.15) is 5.10 Å². The highest BCUT2D eigenvalue weighted by Gasteiger charge is 2.20. The molecule has 3 rings (SSSR count). The molecule has 0 saturated heterocycles. The van der Waals surface area contributed by atoms with Gasteiger partial charge in [0, 0.05) is 23.9 Å². The number of halogens is 1. The third kappa shape index (κ3) is 2.93. The molecule has 1 saturated carbocycles. The summed E-state index contributed by atoms with van der Waals surface area (Å²) in [6, 6.07) is 3.67. The Morgan fingerprint density at radius 2 is 2.16 bits per heavy atom. The predicted octanol–water partition coefficient (Wildman–Crippen LogP) is 2.60. The van der Waals surface area contributed by atoms with Crippen LogP contribution in [0.25, 0.3) is 11.1 Å². The first-order valence-electron chi connectivity index (χ1n) is 6.20. The molecule has 1 aliphatic rings. The van der Waals surface area contributed by atoms with Crippen molar-refractivity contribution in [3.8, 4) is 11.1 Å². The first kappa shape index (κ1) is 12.2. The molecule has 6 heteroatoms. The fourth-order valence-electron chi connectivity index (χ4n) is 1.85. The third-order valence-electron chi connectivity index (χ3n) is 3.11. The van der Waals surface area contributed by atoms with Gasteiger partial charge in [-0.3, -0.25) is 0 Å². The highest BCUT2D eigenvalue weighted by atomic mass is 35.5. The molecule has 0 amide bonds. The molecule has 98 valence electrons. The summed E-state index contributed by atoms with van der Waals surface area (Å²) in [6.07, 6.45) is 5.81. The molecule has 19 heavy (non-hydrogen) atoms. The van der Waals surface area contributed by atoms with E-state index in [0.29, 0.717) is 10.8 Å².